The molecule has 4 aliphatic heterocycles. The average Bonchev–Trinajstić information content (AvgIpc) is 3.53. The van der Waals surface area contributed by atoms with Gasteiger partial charge in [0, 0.05) is 29.5 Å². The molecular weight excluding hydrogens is 557 g/mol. The minimum absolute atomic E-state index is 0. The molecule has 0 spiro atoms. The molecular formula is C28H36N5NaO6S. The second-order valence-electron chi connectivity index (χ2n) is 11.9. The molecule has 41 heavy (non-hydrogen) atoms. The van der Waals surface area contributed by atoms with Crippen LogP contribution >= 0.6 is 11.8 Å². The molecule has 0 aliphatic carbocycles. The van der Waals surface area contributed by atoms with Crippen molar-refractivity contribution < 1.29 is 58.6 Å². The van der Waals surface area contributed by atoms with E-state index in [9.17, 15) is 29.1 Å². The summed E-state index contributed by atoms with van der Waals surface area (Å²) in [4.78, 5) is 61.8. The van der Waals surface area contributed by atoms with Crippen molar-refractivity contribution in [2.75, 3.05) is 11.1 Å². The Morgan fingerprint density at radius 2 is 1.80 bits per heavy atom. The first-order valence-electron chi connectivity index (χ1n) is 13.9. The third-order valence-corrected chi connectivity index (χ3v) is 10.0. The van der Waals surface area contributed by atoms with Crippen LogP contribution in [0.3, 0.4) is 0 Å². The Bertz CT molecular complexity index is 1200. The SMILES string of the molecule is CC1(C)C[C@@H]2[C@H](NC(=O)CCc3ccc(NC(=O)CCCCC4SCC5NC(=O)NC54)cc3)C(=O)N2[C@H]1C(=O)[O-].[Na+]. The summed E-state index contributed by atoms with van der Waals surface area (Å²) in [5.74, 6) is -1.01. The monoisotopic (exact) mass is 593 g/mol. The second kappa shape index (κ2) is 12.9. The first-order valence-corrected chi connectivity index (χ1v) is 15.0. The Hall–Kier alpha value is -2.28. The number of unbranched alkanes of at least 4 members (excludes halogenated alkanes) is 1. The third kappa shape index (κ3) is 6.87. The molecule has 0 radical (unpaired) electrons. The number of rotatable bonds is 11. The van der Waals surface area contributed by atoms with E-state index in [4.69, 9.17) is 0 Å². The van der Waals surface area contributed by atoms with Crippen molar-refractivity contribution in [1.82, 2.24) is 20.9 Å². The predicted octanol–water partition coefficient (Wildman–Crippen LogP) is -2.47. The number of carboxylic acid groups (broad SMARTS) is 1. The molecule has 1 aromatic carbocycles. The standard InChI is InChI=1S/C28H37N5O6S.Na/c1-28(2)13-18-23(25(36)33(18)24(28)26(37)38)31-21(35)12-9-15-7-10-16(11-8-15)29-20(34)6-4-3-5-19-22-17(14-40-19)30-27(39)32-22;/h7-8,10-11,17-19,22-24H,3-6,9,12-14H2,1-2H3,(H,29,34)(H,31,35)(H,37,38)(H2,30,32,39);/q;+1/p-1/t17?,18-,19?,22?,23+,24+;/m1./s1. The number of fused-ring (bicyclic) bond motifs is 2. The Kier molecular flexibility index (Phi) is 9.98. The zero-order valence-electron chi connectivity index (χ0n) is 23.7. The number of aryl methyl sites for hydroxylation is 1. The van der Waals surface area contributed by atoms with Crippen LogP contribution in [0, 0.1) is 5.41 Å². The summed E-state index contributed by atoms with van der Waals surface area (Å²) in [5.41, 5.74) is 1.01. The average molecular weight is 594 g/mol. The number of benzene rings is 1. The molecule has 0 bridgehead atoms. The number of aliphatic carboxylic acids is 1. The molecule has 6 atom stereocenters. The number of carbonyl (C=O) groups is 5. The number of carboxylic acids is 1. The molecule has 4 saturated heterocycles. The maximum atomic E-state index is 12.5. The van der Waals surface area contributed by atoms with Crippen LogP contribution < -0.4 is 55.9 Å². The van der Waals surface area contributed by atoms with Crippen LogP contribution in [0.15, 0.2) is 24.3 Å². The van der Waals surface area contributed by atoms with Crippen LogP contribution in [-0.2, 0) is 25.6 Å². The zero-order chi connectivity index (χ0) is 28.6. The molecule has 5 amide bonds. The van der Waals surface area contributed by atoms with Crippen molar-refractivity contribution >= 4 is 47.2 Å². The first-order chi connectivity index (χ1) is 19.0. The normalized spacial score (nSPS) is 28.9. The first kappa shape index (κ1) is 31.7. The number of hydrogen-bond acceptors (Lipinski definition) is 7. The van der Waals surface area contributed by atoms with Gasteiger partial charge in [0.05, 0.1) is 30.1 Å². The number of urea groups is 1. The minimum atomic E-state index is -1.26. The summed E-state index contributed by atoms with van der Waals surface area (Å²) in [7, 11) is 0. The number of amides is 5. The van der Waals surface area contributed by atoms with E-state index in [-0.39, 0.29) is 77.9 Å². The molecule has 216 valence electrons. The number of β-lactam (4-membered cyclic amide) rings is 1. The van der Waals surface area contributed by atoms with Gasteiger partial charge in [-0.05, 0) is 48.8 Å². The molecule has 4 heterocycles. The Balaban J connectivity index is 0.00000387. The summed E-state index contributed by atoms with van der Waals surface area (Å²) in [6.45, 7) is 3.59. The van der Waals surface area contributed by atoms with Gasteiger partial charge in [0.15, 0.2) is 0 Å². The van der Waals surface area contributed by atoms with Gasteiger partial charge in [-0.15, -0.1) is 0 Å². The van der Waals surface area contributed by atoms with E-state index in [0.29, 0.717) is 30.2 Å². The molecule has 3 unspecified atom stereocenters. The van der Waals surface area contributed by atoms with Gasteiger partial charge in [0.1, 0.15) is 6.04 Å². The van der Waals surface area contributed by atoms with Gasteiger partial charge >= 0.3 is 35.6 Å². The van der Waals surface area contributed by atoms with Crippen molar-refractivity contribution in [3.05, 3.63) is 29.8 Å². The number of carbonyl (C=O) groups excluding carboxylic acids is 5. The van der Waals surface area contributed by atoms with Gasteiger partial charge < -0.3 is 36.1 Å². The van der Waals surface area contributed by atoms with Gasteiger partial charge in [-0.1, -0.05) is 32.4 Å². The summed E-state index contributed by atoms with van der Waals surface area (Å²) in [5, 5.41) is 23.5. The molecule has 5 rings (SSSR count). The van der Waals surface area contributed by atoms with E-state index in [1.54, 1.807) is 13.8 Å². The number of hydrogen-bond donors (Lipinski definition) is 4. The minimum Gasteiger partial charge on any atom is -0.548 e. The fourth-order valence-electron chi connectivity index (χ4n) is 6.48. The van der Waals surface area contributed by atoms with Crippen molar-refractivity contribution in [1.29, 1.82) is 0 Å². The summed E-state index contributed by atoms with van der Waals surface area (Å²) in [6.07, 6.45) is 4.25. The summed E-state index contributed by atoms with van der Waals surface area (Å²) < 4.78 is 0. The number of nitrogens with zero attached hydrogens (tertiary/aromatic N) is 1. The van der Waals surface area contributed by atoms with Crippen molar-refractivity contribution in [2.45, 2.75) is 94.3 Å². The molecule has 0 saturated carbocycles. The van der Waals surface area contributed by atoms with Crippen LogP contribution in [0.2, 0.25) is 0 Å². The van der Waals surface area contributed by atoms with Crippen molar-refractivity contribution in [3.63, 3.8) is 0 Å². The van der Waals surface area contributed by atoms with Crippen molar-refractivity contribution in [2.24, 2.45) is 5.41 Å². The predicted molar refractivity (Wildman–Crippen MR) is 147 cm³/mol. The maximum Gasteiger partial charge on any atom is 1.00 e. The molecule has 1 aromatic rings. The summed E-state index contributed by atoms with van der Waals surface area (Å²) >= 11 is 1.87. The van der Waals surface area contributed by atoms with Gasteiger partial charge in [0.2, 0.25) is 17.7 Å². The van der Waals surface area contributed by atoms with E-state index < -0.39 is 23.5 Å². The van der Waals surface area contributed by atoms with Crippen LogP contribution in [-0.4, -0.2) is 75.8 Å². The number of anilines is 1. The smallest absolute Gasteiger partial charge is 0.548 e. The van der Waals surface area contributed by atoms with E-state index in [1.165, 1.54) is 4.90 Å². The van der Waals surface area contributed by atoms with Gasteiger partial charge in [-0.25, -0.2) is 4.79 Å². The van der Waals surface area contributed by atoms with Crippen LogP contribution in [0.1, 0.15) is 57.9 Å². The van der Waals surface area contributed by atoms with Crippen LogP contribution in [0.4, 0.5) is 10.5 Å². The quantitative estimate of drug-likeness (QED) is 0.0958. The topological polar surface area (TPSA) is 160 Å². The fraction of sp³-hybridized carbons (Fsp3) is 0.607. The van der Waals surface area contributed by atoms with E-state index in [0.717, 1.165) is 30.6 Å². The largest absolute Gasteiger partial charge is 1.00 e. The molecule has 4 fully saturated rings. The van der Waals surface area contributed by atoms with Gasteiger partial charge in [-0.2, -0.15) is 11.8 Å². The van der Waals surface area contributed by atoms with E-state index in [2.05, 4.69) is 21.3 Å². The molecule has 13 heteroatoms. The van der Waals surface area contributed by atoms with Gasteiger partial charge in [0.25, 0.3) is 0 Å². The third-order valence-electron chi connectivity index (χ3n) is 8.52. The summed E-state index contributed by atoms with van der Waals surface area (Å²) in [6, 6.07) is 5.67. The van der Waals surface area contributed by atoms with Crippen LogP contribution in [0.5, 0.6) is 0 Å². The Labute approximate surface area is 266 Å². The Morgan fingerprint density at radius 3 is 2.51 bits per heavy atom. The van der Waals surface area contributed by atoms with E-state index in [1.807, 2.05) is 36.0 Å². The van der Waals surface area contributed by atoms with Gasteiger partial charge in [-0.3, -0.25) is 14.4 Å². The molecule has 0 aromatic heterocycles. The maximum absolute atomic E-state index is 12.5. The van der Waals surface area contributed by atoms with Crippen molar-refractivity contribution in [3.8, 4) is 0 Å². The zero-order valence-corrected chi connectivity index (χ0v) is 26.6. The van der Waals surface area contributed by atoms with Crippen LogP contribution in [0.25, 0.3) is 0 Å². The molecule has 4 aliphatic rings. The molecule has 11 nitrogen and oxygen atoms in total. The number of nitrogens with one attached hydrogen (secondary N) is 4. The fourth-order valence-corrected chi connectivity index (χ4v) is 8.02. The van der Waals surface area contributed by atoms with E-state index >= 15 is 0 Å². The number of thioether (sulfide) groups is 1. The Morgan fingerprint density at radius 1 is 1.07 bits per heavy atom. The second-order valence-corrected chi connectivity index (χ2v) is 13.2. The molecule has 4 N–H and O–H groups in total.